The quantitative estimate of drug-likeness (QED) is 0.400. The molecule has 0 saturated heterocycles. The van der Waals surface area contributed by atoms with Gasteiger partial charge in [-0.15, -0.1) is 24.0 Å². The molecule has 0 radical (unpaired) electrons. The lowest BCUT2D eigenvalue weighted by molar-refractivity contribution is -0.128. The van der Waals surface area contributed by atoms with E-state index in [2.05, 4.69) is 20.9 Å². The summed E-state index contributed by atoms with van der Waals surface area (Å²) in [5.41, 5.74) is -0.503. The van der Waals surface area contributed by atoms with Crippen molar-refractivity contribution in [3.8, 4) is 0 Å². The zero-order valence-corrected chi connectivity index (χ0v) is 14.6. The predicted molar refractivity (Wildman–Crippen MR) is 90.2 cm³/mol. The normalized spacial score (nSPS) is 11.5. The van der Waals surface area contributed by atoms with Gasteiger partial charge in [-0.05, 0) is 26.0 Å². The molecule has 3 N–H and O–H groups in total. The van der Waals surface area contributed by atoms with Crippen molar-refractivity contribution in [2.45, 2.75) is 20.4 Å². The lowest BCUT2D eigenvalue weighted by atomic mass is 9.92. The molecule has 114 valence electrons. The molecule has 0 unspecified atom stereocenters. The van der Waals surface area contributed by atoms with Gasteiger partial charge in [-0.1, -0.05) is 0 Å². The second kappa shape index (κ2) is 8.83. The topological polar surface area (TPSA) is 78.7 Å². The Morgan fingerprint density at radius 1 is 1.40 bits per heavy atom. The second-order valence-corrected chi connectivity index (χ2v) is 4.82. The number of furan rings is 1. The molecule has 0 saturated carbocycles. The van der Waals surface area contributed by atoms with Crippen LogP contribution in [0, 0.1) is 5.41 Å². The number of halogens is 1. The van der Waals surface area contributed by atoms with Gasteiger partial charge in [0.25, 0.3) is 0 Å². The first-order valence-corrected chi connectivity index (χ1v) is 6.18. The van der Waals surface area contributed by atoms with Gasteiger partial charge in [-0.2, -0.15) is 0 Å². The third-order valence-corrected chi connectivity index (χ3v) is 2.77. The van der Waals surface area contributed by atoms with Gasteiger partial charge < -0.3 is 20.4 Å². The van der Waals surface area contributed by atoms with Crippen LogP contribution < -0.4 is 16.0 Å². The van der Waals surface area contributed by atoms with Crippen molar-refractivity contribution in [3.63, 3.8) is 0 Å². The summed E-state index contributed by atoms with van der Waals surface area (Å²) >= 11 is 0. The van der Waals surface area contributed by atoms with Gasteiger partial charge in [-0.3, -0.25) is 9.79 Å². The van der Waals surface area contributed by atoms with Crippen LogP contribution in [0.15, 0.2) is 27.8 Å². The first-order chi connectivity index (χ1) is 8.99. The van der Waals surface area contributed by atoms with Gasteiger partial charge in [0.2, 0.25) is 5.91 Å². The fourth-order valence-corrected chi connectivity index (χ4v) is 1.53. The Kier molecular flexibility index (Phi) is 8.28. The molecule has 0 spiro atoms. The maximum Gasteiger partial charge on any atom is 0.227 e. The highest BCUT2D eigenvalue weighted by Gasteiger charge is 2.26. The summed E-state index contributed by atoms with van der Waals surface area (Å²) in [6.45, 7) is 4.79. The highest BCUT2D eigenvalue weighted by molar-refractivity contribution is 14.0. The summed E-state index contributed by atoms with van der Waals surface area (Å²) in [5.74, 6) is 1.45. The van der Waals surface area contributed by atoms with Crippen molar-refractivity contribution in [1.82, 2.24) is 16.0 Å². The third kappa shape index (κ3) is 5.81. The molecule has 1 rings (SSSR count). The number of nitrogens with one attached hydrogen (secondary N) is 3. The number of hydrogen-bond donors (Lipinski definition) is 3. The first-order valence-electron chi connectivity index (χ1n) is 6.18. The lowest BCUT2D eigenvalue weighted by Gasteiger charge is -2.24. The Morgan fingerprint density at radius 2 is 2.10 bits per heavy atom. The van der Waals surface area contributed by atoms with E-state index in [1.807, 2.05) is 26.0 Å². The third-order valence-electron chi connectivity index (χ3n) is 2.77. The summed E-state index contributed by atoms with van der Waals surface area (Å²) in [6.07, 6.45) is 1.63. The molecular formula is C13H23IN4O2. The van der Waals surface area contributed by atoms with Crippen molar-refractivity contribution < 1.29 is 9.21 Å². The molecule has 0 aliphatic carbocycles. The summed E-state index contributed by atoms with van der Waals surface area (Å²) in [6, 6.07) is 3.72. The van der Waals surface area contributed by atoms with E-state index >= 15 is 0 Å². The van der Waals surface area contributed by atoms with E-state index in [0.717, 1.165) is 5.76 Å². The number of hydrogen-bond acceptors (Lipinski definition) is 3. The number of carbonyl (C=O) groups is 1. The van der Waals surface area contributed by atoms with Crippen molar-refractivity contribution in [1.29, 1.82) is 0 Å². The van der Waals surface area contributed by atoms with Crippen molar-refractivity contribution in [2.24, 2.45) is 10.4 Å². The largest absolute Gasteiger partial charge is 0.467 e. The highest BCUT2D eigenvalue weighted by Crippen LogP contribution is 2.12. The summed E-state index contributed by atoms with van der Waals surface area (Å²) in [7, 11) is 3.32. The van der Waals surface area contributed by atoms with Crippen LogP contribution in [-0.4, -0.2) is 32.5 Å². The van der Waals surface area contributed by atoms with Crippen LogP contribution in [0.25, 0.3) is 0 Å². The number of nitrogens with zero attached hydrogens (tertiary/aromatic N) is 1. The zero-order valence-electron chi connectivity index (χ0n) is 12.3. The molecule has 1 heterocycles. The number of carbonyl (C=O) groups excluding carboxylic acids is 1. The first kappa shape index (κ1) is 18.8. The van der Waals surface area contributed by atoms with E-state index in [9.17, 15) is 4.79 Å². The maximum absolute atomic E-state index is 11.7. The molecule has 0 aliphatic rings. The SMILES string of the molecule is CN=C(NCc1ccco1)NCC(C)(C)C(=O)NC.I. The summed E-state index contributed by atoms with van der Waals surface area (Å²) in [5, 5.41) is 8.89. The second-order valence-electron chi connectivity index (χ2n) is 4.82. The smallest absolute Gasteiger partial charge is 0.227 e. The molecule has 1 amide bonds. The Labute approximate surface area is 136 Å². The zero-order chi connectivity index (χ0) is 14.3. The predicted octanol–water partition coefficient (Wildman–Crippen LogP) is 1.33. The summed E-state index contributed by atoms with van der Waals surface area (Å²) in [4.78, 5) is 15.7. The molecule has 0 bridgehead atoms. The van der Waals surface area contributed by atoms with Crippen LogP contribution in [0.5, 0.6) is 0 Å². The fraction of sp³-hybridized carbons (Fsp3) is 0.538. The van der Waals surface area contributed by atoms with Gasteiger partial charge in [0, 0.05) is 20.6 Å². The van der Waals surface area contributed by atoms with E-state index < -0.39 is 5.41 Å². The van der Waals surface area contributed by atoms with E-state index in [-0.39, 0.29) is 29.9 Å². The van der Waals surface area contributed by atoms with Gasteiger partial charge in [-0.25, -0.2) is 0 Å². The molecule has 1 aromatic rings. The van der Waals surface area contributed by atoms with Crippen LogP contribution >= 0.6 is 24.0 Å². The van der Waals surface area contributed by atoms with Crippen LogP contribution in [0.4, 0.5) is 0 Å². The molecule has 1 aromatic heterocycles. The number of amides is 1. The number of aliphatic imine (C=N–C) groups is 1. The van der Waals surface area contributed by atoms with Gasteiger partial charge >= 0.3 is 0 Å². The minimum absolute atomic E-state index is 0. The minimum Gasteiger partial charge on any atom is -0.467 e. The van der Waals surface area contributed by atoms with E-state index in [0.29, 0.717) is 19.0 Å². The van der Waals surface area contributed by atoms with E-state index in [1.165, 1.54) is 0 Å². The molecule has 20 heavy (non-hydrogen) atoms. The summed E-state index contributed by atoms with van der Waals surface area (Å²) < 4.78 is 5.22. The lowest BCUT2D eigenvalue weighted by Crippen LogP contribution is -2.47. The number of guanidine groups is 1. The van der Waals surface area contributed by atoms with Crippen molar-refractivity contribution in [3.05, 3.63) is 24.2 Å². The molecule has 6 nitrogen and oxygen atoms in total. The van der Waals surface area contributed by atoms with Gasteiger partial charge in [0.05, 0.1) is 18.2 Å². The van der Waals surface area contributed by atoms with Crippen molar-refractivity contribution in [2.75, 3.05) is 20.6 Å². The Hall–Kier alpha value is -1.25. The van der Waals surface area contributed by atoms with Gasteiger partial charge in [0.15, 0.2) is 5.96 Å². The molecule has 7 heteroatoms. The van der Waals surface area contributed by atoms with E-state index in [1.54, 1.807) is 20.4 Å². The van der Waals surface area contributed by atoms with Crippen LogP contribution in [0.1, 0.15) is 19.6 Å². The van der Waals surface area contributed by atoms with Crippen molar-refractivity contribution >= 4 is 35.8 Å². The fourth-order valence-electron chi connectivity index (χ4n) is 1.53. The average Bonchev–Trinajstić information content (AvgIpc) is 2.91. The Bertz CT molecular complexity index is 430. The Balaban J connectivity index is 0.00000361. The average molecular weight is 394 g/mol. The number of rotatable bonds is 5. The van der Waals surface area contributed by atoms with Gasteiger partial charge in [0.1, 0.15) is 5.76 Å². The molecular weight excluding hydrogens is 371 g/mol. The monoisotopic (exact) mass is 394 g/mol. The molecule has 0 fully saturated rings. The van der Waals surface area contributed by atoms with Crippen LogP contribution in [0.2, 0.25) is 0 Å². The minimum atomic E-state index is -0.503. The van der Waals surface area contributed by atoms with E-state index in [4.69, 9.17) is 4.42 Å². The maximum atomic E-state index is 11.7. The molecule has 0 aromatic carbocycles. The Morgan fingerprint density at radius 3 is 2.60 bits per heavy atom. The van der Waals surface area contributed by atoms with Crippen LogP contribution in [0.3, 0.4) is 0 Å². The van der Waals surface area contributed by atoms with Crippen LogP contribution in [-0.2, 0) is 11.3 Å². The highest BCUT2D eigenvalue weighted by atomic mass is 127. The molecule has 0 aliphatic heterocycles. The standard InChI is InChI=1S/C13H22N4O2.HI/c1-13(2,11(18)14-3)9-17-12(15-4)16-8-10-6-5-7-19-10;/h5-7H,8-9H2,1-4H3,(H,14,18)(H2,15,16,17);1H. The molecule has 0 atom stereocenters.